The summed E-state index contributed by atoms with van der Waals surface area (Å²) in [5.41, 5.74) is 5.78. The Morgan fingerprint density at radius 2 is 2.17 bits per heavy atom. The number of carbonyl (C=O) groups is 1. The van der Waals surface area contributed by atoms with Gasteiger partial charge in [-0.25, -0.2) is 0 Å². The molecular formula is C13H24ClN3O. The standard InChI is InChI=1S/C13H24ClN3O/c1-3-17(4-2)8-7-16-13(18)10-5-6-12(15)11(14)9-10/h9-10,12H,3-8,15H2,1-2H3,(H,16,18). The van der Waals surface area contributed by atoms with Crippen LogP contribution in [-0.4, -0.2) is 43.0 Å². The summed E-state index contributed by atoms with van der Waals surface area (Å²) in [7, 11) is 0. The lowest BCUT2D eigenvalue weighted by molar-refractivity contribution is -0.123. The van der Waals surface area contributed by atoms with E-state index in [1.807, 2.05) is 0 Å². The van der Waals surface area contributed by atoms with Crippen molar-refractivity contribution in [2.24, 2.45) is 11.7 Å². The van der Waals surface area contributed by atoms with Crippen molar-refractivity contribution in [1.29, 1.82) is 0 Å². The van der Waals surface area contributed by atoms with E-state index in [4.69, 9.17) is 17.3 Å². The molecule has 0 aliphatic heterocycles. The highest BCUT2D eigenvalue weighted by Crippen LogP contribution is 2.24. The van der Waals surface area contributed by atoms with Crippen LogP contribution in [-0.2, 0) is 4.79 Å². The van der Waals surface area contributed by atoms with Gasteiger partial charge in [0.05, 0.1) is 5.92 Å². The van der Waals surface area contributed by atoms with Crippen LogP contribution in [0, 0.1) is 5.92 Å². The Labute approximate surface area is 115 Å². The first-order valence-corrected chi connectivity index (χ1v) is 7.09. The first-order valence-electron chi connectivity index (χ1n) is 6.71. The summed E-state index contributed by atoms with van der Waals surface area (Å²) >= 11 is 5.98. The largest absolute Gasteiger partial charge is 0.354 e. The van der Waals surface area contributed by atoms with Crippen molar-refractivity contribution in [3.63, 3.8) is 0 Å². The quantitative estimate of drug-likeness (QED) is 0.767. The Balaban J connectivity index is 2.33. The number of amides is 1. The molecule has 5 heteroatoms. The van der Waals surface area contributed by atoms with Crippen LogP contribution in [0.4, 0.5) is 0 Å². The van der Waals surface area contributed by atoms with Crippen LogP contribution >= 0.6 is 11.6 Å². The lowest BCUT2D eigenvalue weighted by Gasteiger charge is -2.23. The minimum atomic E-state index is -0.117. The SMILES string of the molecule is CCN(CC)CCNC(=O)C1C=C(Cl)C(N)CC1. The molecule has 1 aliphatic carbocycles. The number of rotatable bonds is 6. The van der Waals surface area contributed by atoms with Crippen molar-refractivity contribution < 1.29 is 4.79 Å². The van der Waals surface area contributed by atoms with Crippen molar-refractivity contribution in [3.05, 3.63) is 11.1 Å². The van der Waals surface area contributed by atoms with Gasteiger partial charge in [0.2, 0.25) is 5.91 Å². The van der Waals surface area contributed by atoms with E-state index in [2.05, 4.69) is 24.1 Å². The third kappa shape index (κ3) is 4.59. The summed E-state index contributed by atoms with van der Waals surface area (Å²) in [4.78, 5) is 14.2. The summed E-state index contributed by atoms with van der Waals surface area (Å²) in [5, 5.41) is 3.58. The second kappa shape index (κ2) is 7.77. The Hall–Kier alpha value is -0.580. The summed E-state index contributed by atoms with van der Waals surface area (Å²) in [6.07, 6.45) is 3.36. The predicted molar refractivity (Wildman–Crippen MR) is 75.4 cm³/mol. The van der Waals surface area contributed by atoms with Crippen molar-refractivity contribution in [2.45, 2.75) is 32.7 Å². The molecule has 0 fully saturated rings. The normalized spacial score (nSPS) is 23.9. The number of halogens is 1. The molecule has 0 bridgehead atoms. The van der Waals surface area contributed by atoms with Crippen LogP contribution in [0.3, 0.4) is 0 Å². The highest BCUT2D eigenvalue weighted by molar-refractivity contribution is 6.30. The molecule has 0 heterocycles. The molecule has 0 radical (unpaired) electrons. The van der Waals surface area contributed by atoms with Crippen molar-refractivity contribution in [3.8, 4) is 0 Å². The van der Waals surface area contributed by atoms with Crippen molar-refractivity contribution >= 4 is 17.5 Å². The molecule has 0 saturated heterocycles. The van der Waals surface area contributed by atoms with Crippen LogP contribution in [0.1, 0.15) is 26.7 Å². The highest BCUT2D eigenvalue weighted by Gasteiger charge is 2.23. The lowest BCUT2D eigenvalue weighted by atomic mass is 9.92. The molecule has 2 unspecified atom stereocenters. The van der Waals surface area contributed by atoms with Gasteiger partial charge >= 0.3 is 0 Å². The third-order valence-electron chi connectivity index (χ3n) is 3.46. The smallest absolute Gasteiger partial charge is 0.227 e. The first-order chi connectivity index (χ1) is 8.58. The maximum atomic E-state index is 11.9. The molecule has 104 valence electrons. The van der Waals surface area contributed by atoms with Gasteiger partial charge in [-0.1, -0.05) is 31.5 Å². The second-order valence-electron chi connectivity index (χ2n) is 4.66. The Morgan fingerprint density at radius 3 is 2.72 bits per heavy atom. The summed E-state index contributed by atoms with van der Waals surface area (Å²) in [6.45, 7) is 7.84. The van der Waals surface area contributed by atoms with E-state index >= 15 is 0 Å². The molecule has 1 aliphatic rings. The van der Waals surface area contributed by atoms with Crippen LogP contribution in [0.15, 0.2) is 11.1 Å². The first kappa shape index (κ1) is 15.5. The number of likely N-dealkylation sites (N-methyl/N-ethyl adjacent to an activating group) is 1. The van der Waals surface area contributed by atoms with Crippen LogP contribution in [0.2, 0.25) is 0 Å². The van der Waals surface area contributed by atoms with E-state index in [1.54, 1.807) is 6.08 Å². The Kier molecular flexibility index (Phi) is 6.68. The predicted octanol–water partition coefficient (Wildman–Crippen LogP) is 1.30. The number of hydrogen-bond donors (Lipinski definition) is 2. The van der Waals surface area contributed by atoms with Crippen LogP contribution < -0.4 is 11.1 Å². The van der Waals surface area contributed by atoms with Crippen molar-refractivity contribution in [1.82, 2.24) is 10.2 Å². The van der Waals surface area contributed by atoms with Gasteiger partial charge < -0.3 is 16.0 Å². The second-order valence-corrected chi connectivity index (χ2v) is 5.10. The van der Waals surface area contributed by atoms with Crippen molar-refractivity contribution in [2.75, 3.05) is 26.2 Å². The molecule has 1 amide bonds. The molecule has 0 aromatic heterocycles. The van der Waals surface area contributed by atoms with E-state index in [1.165, 1.54) is 0 Å². The number of hydrogen-bond acceptors (Lipinski definition) is 3. The molecular weight excluding hydrogens is 250 g/mol. The number of nitrogens with zero attached hydrogens (tertiary/aromatic N) is 1. The van der Waals surface area contributed by atoms with Gasteiger partial charge in [0.1, 0.15) is 0 Å². The monoisotopic (exact) mass is 273 g/mol. The van der Waals surface area contributed by atoms with E-state index in [0.29, 0.717) is 11.6 Å². The van der Waals surface area contributed by atoms with E-state index < -0.39 is 0 Å². The molecule has 1 rings (SSSR count). The maximum Gasteiger partial charge on any atom is 0.227 e. The molecule has 2 atom stereocenters. The highest BCUT2D eigenvalue weighted by atomic mass is 35.5. The fourth-order valence-corrected chi connectivity index (χ4v) is 2.37. The molecule has 0 spiro atoms. The average molecular weight is 274 g/mol. The van der Waals surface area contributed by atoms with Gasteiger partial charge in [0.15, 0.2) is 0 Å². The Bertz CT molecular complexity index is 303. The number of nitrogens with one attached hydrogen (secondary N) is 1. The fourth-order valence-electron chi connectivity index (χ4n) is 2.11. The van der Waals surface area contributed by atoms with E-state index in [0.717, 1.165) is 32.5 Å². The van der Waals surface area contributed by atoms with Gasteiger partial charge in [0, 0.05) is 24.2 Å². The molecule has 0 saturated carbocycles. The molecule has 0 aromatic carbocycles. The zero-order chi connectivity index (χ0) is 13.5. The average Bonchev–Trinajstić information content (AvgIpc) is 2.37. The third-order valence-corrected chi connectivity index (χ3v) is 3.87. The molecule has 0 aromatic rings. The minimum Gasteiger partial charge on any atom is -0.354 e. The fraction of sp³-hybridized carbons (Fsp3) is 0.769. The minimum absolute atomic E-state index is 0.0622. The zero-order valence-electron chi connectivity index (χ0n) is 11.3. The zero-order valence-corrected chi connectivity index (χ0v) is 12.0. The van der Waals surface area contributed by atoms with E-state index in [9.17, 15) is 4.79 Å². The molecule has 18 heavy (non-hydrogen) atoms. The number of carbonyl (C=O) groups excluding carboxylic acids is 1. The van der Waals surface area contributed by atoms with Gasteiger partial charge in [-0.05, 0) is 25.9 Å². The summed E-state index contributed by atoms with van der Waals surface area (Å²) < 4.78 is 0. The Morgan fingerprint density at radius 1 is 1.50 bits per heavy atom. The maximum absolute atomic E-state index is 11.9. The number of nitrogens with two attached hydrogens (primary N) is 1. The van der Waals surface area contributed by atoms with Crippen LogP contribution in [0.25, 0.3) is 0 Å². The molecule has 4 nitrogen and oxygen atoms in total. The lowest BCUT2D eigenvalue weighted by Crippen LogP contribution is -2.39. The topological polar surface area (TPSA) is 58.4 Å². The van der Waals surface area contributed by atoms with Crippen LogP contribution in [0.5, 0.6) is 0 Å². The summed E-state index contributed by atoms with van der Waals surface area (Å²) in [6, 6.07) is -0.0913. The van der Waals surface area contributed by atoms with E-state index in [-0.39, 0.29) is 17.9 Å². The van der Waals surface area contributed by atoms with Gasteiger partial charge in [-0.3, -0.25) is 4.79 Å². The molecule has 3 N–H and O–H groups in total. The van der Waals surface area contributed by atoms with Gasteiger partial charge in [-0.2, -0.15) is 0 Å². The summed E-state index contributed by atoms with van der Waals surface area (Å²) in [5.74, 6) is -0.0544. The van der Waals surface area contributed by atoms with Gasteiger partial charge in [0.25, 0.3) is 0 Å². The van der Waals surface area contributed by atoms with Gasteiger partial charge in [-0.15, -0.1) is 0 Å².